The van der Waals surface area contributed by atoms with Crippen LogP contribution in [0.1, 0.15) is 0 Å². The number of rotatable bonds is 3. The molecule has 0 amide bonds. The molecule has 4 heteroatoms. The first kappa shape index (κ1) is 6.89. The minimum atomic E-state index is -0.744. The zero-order valence-electron chi connectivity index (χ0n) is 4.87. The molecule has 3 nitrogen and oxygen atoms in total. The van der Waals surface area contributed by atoms with Crippen molar-refractivity contribution in [2.45, 2.75) is 5.25 Å². The number of hydrogen-bond acceptors (Lipinski definition) is 3. The van der Waals surface area contributed by atoms with Crippen molar-refractivity contribution in [1.29, 1.82) is 0 Å². The predicted octanol–water partition coefficient (Wildman–Crippen LogP) is 0.203. The standard InChI is InChI=1S/C5H8O3S/c6-5(7)3-9-4-1-8-2-4/h4H,1-3H2,(H,6,7). The van der Waals surface area contributed by atoms with Gasteiger partial charge in [0, 0.05) is 0 Å². The Kier molecular flexibility index (Phi) is 2.36. The molecule has 0 aromatic heterocycles. The first-order valence-electron chi connectivity index (χ1n) is 2.70. The fourth-order valence-electron chi connectivity index (χ4n) is 0.499. The second-order valence-electron chi connectivity index (χ2n) is 1.86. The topological polar surface area (TPSA) is 46.5 Å². The molecular formula is C5H8O3S. The van der Waals surface area contributed by atoms with Gasteiger partial charge in [-0.2, -0.15) is 0 Å². The van der Waals surface area contributed by atoms with Crippen molar-refractivity contribution in [3.63, 3.8) is 0 Å². The van der Waals surface area contributed by atoms with Gasteiger partial charge >= 0.3 is 5.97 Å². The van der Waals surface area contributed by atoms with Gasteiger partial charge in [0.05, 0.1) is 24.2 Å². The molecule has 0 aromatic carbocycles. The lowest BCUT2D eigenvalue weighted by atomic mass is 10.4. The van der Waals surface area contributed by atoms with E-state index in [0.717, 1.165) is 13.2 Å². The summed E-state index contributed by atoms with van der Waals surface area (Å²) in [6, 6.07) is 0. The number of carbonyl (C=O) groups is 1. The first-order chi connectivity index (χ1) is 4.29. The lowest BCUT2D eigenvalue weighted by molar-refractivity contribution is -0.133. The number of carboxylic acid groups (broad SMARTS) is 1. The molecule has 0 unspecified atom stereocenters. The minimum Gasteiger partial charge on any atom is -0.481 e. The number of carboxylic acids is 1. The Morgan fingerprint density at radius 3 is 2.78 bits per heavy atom. The lowest BCUT2D eigenvalue weighted by Gasteiger charge is -2.24. The molecule has 1 aliphatic heterocycles. The SMILES string of the molecule is O=C(O)CSC1COC1. The van der Waals surface area contributed by atoms with Crippen LogP contribution >= 0.6 is 11.8 Å². The van der Waals surface area contributed by atoms with Crippen molar-refractivity contribution >= 4 is 17.7 Å². The zero-order valence-corrected chi connectivity index (χ0v) is 5.69. The van der Waals surface area contributed by atoms with Crippen LogP contribution in [-0.4, -0.2) is 35.3 Å². The minimum absolute atomic E-state index is 0.202. The van der Waals surface area contributed by atoms with Crippen molar-refractivity contribution < 1.29 is 14.6 Å². The van der Waals surface area contributed by atoms with Crippen LogP contribution < -0.4 is 0 Å². The third-order valence-corrected chi connectivity index (χ3v) is 2.21. The summed E-state index contributed by atoms with van der Waals surface area (Å²) >= 11 is 1.45. The van der Waals surface area contributed by atoms with E-state index in [4.69, 9.17) is 9.84 Å². The van der Waals surface area contributed by atoms with E-state index < -0.39 is 5.97 Å². The smallest absolute Gasteiger partial charge is 0.313 e. The fraction of sp³-hybridized carbons (Fsp3) is 0.800. The largest absolute Gasteiger partial charge is 0.481 e. The van der Waals surface area contributed by atoms with Crippen LogP contribution in [0.4, 0.5) is 0 Å². The maximum atomic E-state index is 9.98. The first-order valence-corrected chi connectivity index (χ1v) is 3.75. The van der Waals surface area contributed by atoms with Gasteiger partial charge in [-0.3, -0.25) is 4.79 Å². The van der Waals surface area contributed by atoms with Gasteiger partial charge in [-0.25, -0.2) is 0 Å². The molecule has 1 heterocycles. The van der Waals surface area contributed by atoms with Crippen LogP contribution in [0.25, 0.3) is 0 Å². The molecule has 0 bridgehead atoms. The van der Waals surface area contributed by atoms with E-state index in [1.807, 2.05) is 0 Å². The molecule has 0 aliphatic carbocycles. The highest BCUT2D eigenvalue weighted by atomic mass is 32.2. The summed E-state index contributed by atoms with van der Waals surface area (Å²) < 4.78 is 4.85. The van der Waals surface area contributed by atoms with Crippen LogP contribution in [0.2, 0.25) is 0 Å². The molecule has 1 N–H and O–H groups in total. The number of thioether (sulfide) groups is 1. The van der Waals surface area contributed by atoms with Gasteiger partial charge in [0.15, 0.2) is 0 Å². The maximum absolute atomic E-state index is 9.98. The summed E-state index contributed by atoms with van der Waals surface area (Å²) in [7, 11) is 0. The van der Waals surface area contributed by atoms with E-state index in [1.165, 1.54) is 11.8 Å². The monoisotopic (exact) mass is 148 g/mol. The molecule has 1 rings (SSSR count). The summed E-state index contributed by atoms with van der Waals surface area (Å²) in [5.74, 6) is -0.541. The van der Waals surface area contributed by atoms with Crippen LogP contribution in [0.3, 0.4) is 0 Å². The highest BCUT2D eigenvalue weighted by Gasteiger charge is 2.19. The number of aliphatic carboxylic acids is 1. The van der Waals surface area contributed by atoms with Gasteiger partial charge in [-0.1, -0.05) is 0 Å². The van der Waals surface area contributed by atoms with E-state index >= 15 is 0 Å². The normalized spacial score (nSPS) is 19.1. The summed E-state index contributed by atoms with van der Waals surface area (Å²) in [6.07, 6.45) is 0. The van der Waals surface area contributed by atoms with Crippen LogP contribution in [0, 0.1) is 0 Å². The van der Waals surface area contributed by atoms with E-state index in [-0.39, 0.29) is 5.75 Å². The Balaban J connectivity index is 1.97. The molecule has 0 atom stereocenters. The van der Waals surface area contributed by atoms with Gasteiger partial charge < -0.3 is 9.84 Å². The fourth-order valence-corrected chi connectivity index (χ4v) is 1.26. The van der Waals surface area contributed by atoms with Crippen molar-refractivity contribution in [2.24, 2.45) is 0 Å². The summed E-state index contributed by atoms with van der Waals surface area (Å²) in [5.41, 5.74) is 0. The second kappa shape index (κ2) is 3.08. The van der Waals surface area contributed by atoms with E-state index in [9.17, 15) is 4.79 Å². The van der Waals surface area contributed by atoms with Gasteiger partial charge in [0.1, 0.15) is 0 Å². The average molecular weight is 148 g/mol. The Hall–Kier alpha value is -0.220. The Morgan fingerprint density at radius 2 is 2.44 bits per heavy atom. The molecule has 1 aliphatic rings. The van der Waals surface area contributed by atoms with Crippen molar-refractivity contribution in [1.82, 2.24) is 0 Å². The zero-order chi connectivity index (χ0) is 6.69. The van der Waals surface area contributed by atoms with Crippen molar-refractivity contribution in [2.75, 3.05) is 19.0 Å². The highest BCUT2D eigenvalue weighted by molar-refractivity contribution is 8.00. The highest BCUT2D eigenvalue weighted by Crippen LogP contribution is 2.17. The molecule has 52 valence electrons. The van der Waals surface area contributed by atoms with E-state index in [0.29, 0.717) is 5.25 Å². The molecular weight excluding hydrogens is 140 g/mol. The molecule has 0 aromatic rings. The van der Waals surface area contributed by atoms with Gasteiger partial charge in [0.2, 0.25) is 0 Å². The van der Waals surface area contributed by atoms with Crippen molar-refractivity contribution in [3.8, 4) is 0 Å². The summed E-state index contributed by atoms with van der Waals surface area (Å²) in [4.78, 5) is 9.98. The number of hydrogen-bond donors (Lipinski definition) is 1. The average Bonchev–Trinajstić information content (AvgIpc) is 1.60. The second-order valence-corrected chi connectivity index (χ2v) is 3.15. The number of ether oxygens (including phenoxy) is 1. The molecule has 1 saturated heterocycles. The molecule has 0 saturated carbocycles. The Labute approximate surface area is 57.4 Å². The predicted molar refractivity (Wildman–Crippen MR) is 34.7 cm³/mol. The van der Waals surface area contributed by atoms with Crippen molar-refractivity contribution in [3.05, 3.63) is 0 Å². The van der Waals surface area contributed by atoms with Gasteiger partial charge in [0.25, 0.3) is 0 Å². The van der Waals surface area contributed by atoms with E-state index in [2.05, 4.69) is 0 Å². The van der Waals surface area contributed by atoms with E-state index in [1.54, 1.807) is 0 Å². The molecule has 0 radical (unpaired) electrons. The molecule has 0 spiro atoms. The quantitative estimate of drug-likeness (QED) is 0.621. The third-order valence-electron chi connectivity index (χ3n) is 1.05. The Morgan fingerprint density at radius 1 is 1.78 bits per heavy atom. The summed E-state index contributed by atoms with van der Waals surface area (Å²) in [5, 5.41) is 8.65. The van der Waals surface area contributed by atoms with Crippen LogP contribution in [0.15, 0.2) is 0 Å². The van der Waals surface area contributed by atoms with Crippen LogP contribution in [0.5, 0.6) is 0 Å². The lowest BCUT2D eigenvalue weighted by Crippen LogP contribution is -2.31. The third kappa shape index (κ3) is 2.24. The molecule has 9 heavy (non-hydrogen) atoms. The van der Waals surface area contributed by atoms with Crippen LogP contribution in [-0.2, 0) is 9.53 Å². The molecule has 1 fully saturated rings. The summed E-state index contributed by atoms with van der Waals surface area (Å²) in [6.45, 7) is 1.44. The maximum Gasteiger partial charge on any atom is 0.313 e. The van der Waals surface area contributed by atoms with Gasteiger partial charge in [-0.05, 0) is 0 Å². The van der Waals surface area contributed by atoms with Gasteiger partial charge in [-0.15, -0.1) is 11.8 Å². The Bertz CT molecular complexity index is 111.